The maximum atomic E-state index is 14.2. The highest BCUT2D eigenvalue weighted by atomic mass is 16.5. The van der Waals surface area contributed by atoms with E-state index in [1.807, 2.05) is 152 Å². The summed E-state index contributed by atoms with van der Waals surface area (Å²) < 4.78 is 56.9. The number of nitrogens with one attached hydrogen (secondary N) is 8. The fraction of sp³-hybridized carbons (Fsp3) is 0.462. The Kier molecular flexibility index (Phi) is 44.3. The molecule has 8 aromatic rings. The Morgan fingerprint density at radius 3 is 0.346 bits per heavy atom. The summed E-state index contributed by atoms with van der Waals surface area (Å²) in [7, 11) is 0. The van der Waals surface area contributed by atoms with Gasteiger partial charge in [0.05, 0.1) is 52.9 Å². The Balaban J connectivity index is 1.53. The Morgan fingerprint density at radius 1 is 0.184 bits per heavy atom. The first-order chi connectivity index (χ1) is 65.9. The van der Waals surface area contributed by atoms with Crippen LogP contribution in [0.5, 0.6) is 46.0 Å². The first-order valence-electron chi connectivity index (χ1n) is 48.2. The molecule has 9 rings (SSSR count). The van der Waals surface area contributed by atoms with Gasteiger partial charge < -0.3 is 126 Å². The molecule has 0 saturated carbocycles. The average molecular weight is 1870 g/mol. The van der Waals surface area contributed by atoms with Crippen LogP contribution in [0.15, 0.2) is 97.1 Å². The third-order valence-electron chi connectivity index (χ3n) is 21.8. The van der Waals surface area contributed by atoms with Crippen LogP contribution >= 0.6 is 0 Å². The van der Waals surface area contributed by atoms with E-state index in [-0.39, 0.29) is 255 Å². The van der Waals surface area contributed by atoms with Gasteiger partial charge in [0.1, 0.15) is 46.0 Å². The van der Waals surface area contributed by atoms with Crippen LogP contribution in [0, 0.1) is 0 Å². The molecule has 32 heteroatoms. The fourth-order valence-electron chi connectivity index (χ4n) is 16.3. The van der Waals surface area contributed by atoms with E-state index in [4.69, 9.17) is 83.8 Å². The smallest absolute Gasteiger partial charge is 0.225 e. The number of amides is 8. The molecule has 16 bridgehead atoms. The van der Waals surface area contributed by atoms with Crippen molar-refractivity contribution in [2.24, 2.45) is 45.9 Å². The molecule has 0 aliphatic heterocycles. The minimum absolute atomic E-state index is 0.0221. The molecule has 32 nitrogen and oxygen atoms in total. The zero-order chi connectivity index (χ0) is 98.0. The minimum atomic E-state index is -0.362. The summed E-state index contributed by atoms with van der Waals surface area (Å²) in [6.45, 7) is 18.1. The molecule has 1 aliphatic rings. The number of anilines is 8. The summed E-state index contributed by atoms with van der Waals surface area (Å²) in [6.07, 6.45) is 4.68. The molecule has 0 atom stereocenters. The van der Waals surface area contributed by atoms with Crippen molar-refractivity contribution in [3.05, 3.63) is 186 Å². The van der Waals surface area contributed by atoms with E-state index in [0.717, 1.165) is 0 Å². The summed E-state index contributed by atoms with van der Waals surface area (Å²) >= 11 is 0. The quantitative estimate of drug-likeness (QED) is 0.0168. The lowest BCUT2D eigenvalue weighted by Gasteiger charge is -2.25. The topological polar surface area (TPSA) is 515 Å². The highest BCUT2D eigenvalue weighted by Gasteiger charge is 2.31. The Morgan fingerprint density at radius 2 is 0.272 bits per heavy atom. The van der Waals surface area contributed by atoms with Crippen LogP contribution in [0.2, 0.25) is 0 Å². The standard InChI is InChI=1S/C104H144N16O16/c1-9-33-129-97-65-41-67-51-82(114-90(122)18-26-106)53-69(98(67)130-34-10-2)43-71-55-84(116-92(124)20-28-108)57-73(100(71)132-36-12-4)45-75-59-86(118-94(126)22-30-110)61-77(102(75)134-38-14-6)47-79-63-88(120-96(128)24-32-112)64-80(104(79)136-40-16-8)48-78-62-87(119-95(127)23-31-111)60-76(103(78)135-39-15-7)46-74-58-85(117-93(125)21-29-109)56-72(101(74)133-37-13-5)44-70-54-83(115-91(123)19-27-107)52-68(99(70)131-35-11-3)42-66(97)50-81(49-65)113-89(121)17-25-105/h49-64H,9-48,105-112H2,1-8H3,(H,113,121)(H,114,122)(H,115,123)(H,116,124)(H,117,125)(H,118,126)(H,119,127)(H,120,128). The second-order valence-corrected chi connectivity index (χ2v) is 33.9. The number of nitrogens with two attached hydrogens (primary N) is 8. The molecular weight excluding hydrogens is 1730 g/mol. The molecule has 0 radical (unpaired) electrons. The average Bonchev–Trinajstić information content (AvgIpc) is 0.777. The summed E-state index contributed by atoms with van der Waals surface area (Å²) in [6, 6.07) is 29.8. The number of hydrogen-bond donors (Lipinski definition) is 16. The van der Waals surface area contributed by atoms with Gasteiger partial charge >= 0.3 is 0 Å². The first-order valence-corrected chi connectivity index (χ1v) is 48.2. The van der Waals surface area contributed by atoms with Gasteiger partial charge in [-0.1, -0.05) is 55.4 Å². The lowest BCUT2D eigenvalue weighted by molar-refractivity contribution is -0.116. The molecule has 736 valence electrons. The lowest BCUT2D eigenvalue weighted by atomic mass is 9.90. The molecule has 8 amide bonds. The number of carbonyl (C=O) groups is 8. The molecule has 136 heavy (non-hydrogen) atoms. The van der Waals surface area contributed by atoms with Gasteiger partial charge in [-0.05, 0) is 148 Å². The van der Waals surface area contributed by atoms with Crippen molar-refractivity contribution in [3.8, 4) is 46.0 Å². The van der Waals surface area contributed by atoms with Crippen LogP contribution in [0.3, 0.4) is 0 Å². The third kappa shape index (κ3) is 31.9. The predicted molar refractivity (Wildman–Crippen MR) is 539 cm³/mol. The Labute approximate surface area is 800 Å². The van der Waals surface area contributed by atoms with Crippen molar-refractivity contribution < 1.29 is 76.3 Å². The molecule has 0 heterocycles. The van der Waals surface area contributed by atoms with E-state index in [1.165, 1.54) is 0 Å². The number of ether oxygens (including phenoxy) is 8. The molecule has 1 aliphatic carbocycles. The third-order valence-corrected chi connectivity index (χ3v) is 21.8. The molecule has 8 aromatic carbocycles. The maximum Gasteiger partial charge on any atom is 0.225 e. The van der Waals surface area contributed by atoms with E-state index in [0.29, 0.717) is 232 Å². The van der Waals surface area contributed by atoms with E-state index in [9.17, 15) is 38.4 Å². The van der Waals surface area contributed by atoms with Gasteiger partial charge in [0.25, 0.3) is 0 Å². The van der Waals surface area contributed by atoms with E-state index in [1.54, 1.807) is 0 Å². The van der Waals surface area contributed by atoms with Crippen LogP contribution in [-0.4, -0.2) is 152 Å². The molecule has 0 aromatic heterocycles. The van der Waals surface area contributed by atoms with E-state index in [2.05, 4.69) is 42.5 Å². The predicted octanol–water partition coefficient (Wildman–Crippen LogP) is 13.3. The lowest BCUT2D eigenvalue weighted by Crippen LogP contribution is -2.18. The van der Waals surface area contributed by atoms with Gasteiger partial charge in [-0.3, -0.25) is 38.4 Å². The normalized spacial score (nSPS) is 11.9. The van der Waals surface area contributed by atoms with Gasteiger partial charge in [0, 0.05) is 290 Å². The van der Waals surface area contributed by atoms with Crippen molar-refractivity contribution in [1.29, 1.82) is 0 Å². The number of hydrogen-bond acceptors (Lipinski definition) is 24. The number of carbonyl (C=O) groups excluding carboxylic acids is 8. The van der Waals surface area contributed by atoms with Crippen LogP contribution < -0.4 is 126 Å². The number of fused-ring (bicyclic) bond motifs is 16. The van der Waals surface area contributed by atoms with Gasteiger partial charge in [-0.15, -0.1) is 0 Å². The van der Waals surface area contributed by atoms with Crippen molar-refractivity contribution in [2.75, 3.05) is 148 Å². The second kappa shape index (κ2) is 56.2. The molecular formula is C104H144N16O16. The summed E-state index contributed by atoms with van der Waals surface area (Å²) in [5.41, 5.74) is 61.5. The Bertz CT molecular complexity index is 4230. The second-order valence-electron chi connectivity index (χ2n) is 33.9. The largest absolute Gasteiger partial charge is 0.493 e. The minimum Gasteiger partial charge on any atom is -0.493 e. The fourth-order valence-corrected chi connectivity index (χ4v) is 16.3. The monoisotopic (exact) mass is 1870 g/mol. The summed E-state index contributed by atoms with van der Waals surface area (Å²) in [4.78, 5) is 114. The Hall–Kier alpha value is -12.4. The van der Waals surface area contributed by atoms with Crippen LogP contribution in [0.4, 0.5) is 45.5 Å². The molecule has 0 saturated heterocycles. The van der Waals surface area contributed by atoms with Crippen molar-refractivity contribution in [1.82, 2.24) is 0 Å². The SMILES string of the molecule is CCCOc1c2cc(NC(=O)CCN)cc1Cc1cc(NC(=O)CCN)cc(c1OCCC)Cc1cc(NC(=O)CCN)cc(c1OCCC)Cc1cc(NC(=O)CCN)cc(c1OCCC)Cc1cc(NC(=O)CCN)cc(c1OCCC)Cc1cc(NC(=O)CCN)cc(c1OCCC)Cc1cc(NC(=O)CCN)cc(c1OCCC)Cc1cc(NC(=O)CCN)cc(c1OCCC)C2. The van der Waals surface area contributed by atoms with Gasteiger partial charge in [-0.25, -0.2) is 0 Å². The van der Waals surface area contributed by atoms with Crippen LogP contribution in [-0.2, 0) is 89.7 Å². The molecule has 0 unspecified atom stereocenters. The van der Waals surface area contributed by atoms with Crippen LogP contribution in [0.1, 0.15) is 247 Å². The first kappa shape index (κ1) is 107. The zero-order valence-corrected chi connectivity index (χ0v) is 80.7. The molecule has 0 fully saturated rings. The maximum absolute atomic E-state index is 14.2. The summed E-state index contributed by atoms with van der Waals surface area (Å²) in [5.74, 6) is 0.691. The van der Waals surface area contributed by atoms with Gasteiger partial charge in [0.15, 0.2) is 0 Å². The highest BCUT2D eigenvalue weighted by Crippen LogP contribution is 2.47. The van der Waals surface area contributed by atoms with Gasteiger partial charge in [0.2, 0.25) is 47.3 Å². The highest BCUT2D eigenvalue weighted by molar-refractivity contribution is 5.97. The van der Waals surface area contributed by atoms with Crippen molar-refractivity contribution in [2.45, 2.75) is 209 Å². The number of rotatable bonds is 48. The van der Waals surface area contributed by atoms with E-state index >= 15 is 0 Å². The molecule has 24 N–H and O–H groups in total. The summed E-state index contributed by atoms with van der Waals surface area (Å²) in [5, 5.41) is 25.2. The zero-order valence-electron chi connectivity index (χ0n) is 80.7. The van der Waals surface area contributed by atoms with Crippen molar-refractivity contribution in [3.63, 3.8) is 0 Å². The van der Waals surface area contributed by atoms with Gasteiger partial charge in [-0.2, -0.15) is 0 Å². The van der Waals surface area contributed by atoms with Crippen LogP contribution in [0.25, 0.3) is 0 Å². The number of benzene rings is 8. The van der Waals surface area contributed by atoms with E-state index < -0.39 is 0 Å². The van der Waals surface area contributed by atoms with Crippen molar-refractivity contribution >= 4 is 92.8 Å². The molecule has 0 spiro atoms.